The number of aromatic nitrogens is 2. The van der Waals surface area contributed by atoms with Crippen molar-refractivity contribution < 1.29 is 14.4 Å². The third-order valence-electron chi connectivity index (χ3n) is 3.03. The van der Waals surface area contributed by atoms with Crippen molar-refractivity contribution in [3.8, 4) is 0 Å². The number of aliphatic hydroxyl groups excluding tert-OH is 1. The van der Waals surface area contributed by atoms with Crippen LogP contribution in [0.4, 0.5) is 0 Å². The van der Waals surface area contributed by atoms with E-state index in [4.69, 9.17) is 9.26 Å². The first kappa shape index (κ1) is 15.6. The van der Waals surface area contributed by atoms with Crippen LogP contribution >= 0.6 is 0 Å². The van der Waals surface area contributed by atoms with Gasteiger partial charge in [0.2, 0.25) is 5.89 Å². The number of hydrogen-bond acceptors (Lipinski definition) is 6. The Labute approximate surface area is 124 Å². The monoisotopic (exact) mass is 291 g/mol. The predicted molar refractivity (Wildman–Crippen MR) is 77.6 cm³/mol. The fourth-order valence-electron chi connectivity index (χ4n) is 1.89. The zero-order chi connectivity index (χ0) is 15.1. The minimum Gasteiger partial charge on any atom is -0.389 e. The number of benzene rings is 1. The Balaban J connectivity index is 1.64. The van der Waals surface area contributed by atoms with Gasteiger partial charge in [-0.3, -0.25) is 0 Å². The summed E-state index contributed by atoms with van der Waals surface area (Å²) < 4.78 is 10.6. The van der Waals surface area contributed by atoms with Crippen molar-refractivity contribution in [2.75, 3.05) is 13.2 Å². The molecule has 0 amide bonds. The number of nitrogens with zero attached hydrogens (tertiary/aromatic N) is 2. The van der Waals surface area contributed by atoms with Crippen molar-refractivity contribution in [2.24, 2.45) is 0 Å². The van der Waals surface area contributed by atoms with Gasteiger partial charge in [-0.1, -0.05) is 35.5 Å². The van der Waals surface area contributed by atoms with E-state index in [-0.39, 0.29) is 12.7 Å². The van der Waals surface area contributed by atoms with E-state index in [0.29, 0.717) is 24.8 Å². The van der Waals surface area contributed by atoms with Gasteiger partial charge in [-0.05, 0) is 19.4 Å². The fourth-order valence-corrected chi connectivity index (χ4v) is 1.89. The average Bonchev–Trinajstić information content (AvgIpc) is 2.91. The summed E-state index contributed by atoms with van der Waals surface area (Å²) in [4.78, 5) is 4.07. The quantitative estimate of drug-likeness (QED) is 0.769. The SMILES string of the molecule is Cc1noc(CNCC(O)COC(C)c2ccccc2)n1. The van der Waals surface area contributed by atoms with Crippen LogP contribution in [-0.4, -0.2) is 34.5 Å². The molecule has 0 spiro atoms. The maximum atomic E-state index is 9.87. The molecule has 6 heteroatoms. The van der Waals surface area contributed by atoms with Crippen molar-refractivity contribution in [3.63, 3.8) is 0 Å². The van der Waals surface area contributed by atoms with Crippen molar-refractivity contribution >= 4 is 0 Å². The first-order chi connectivity index (χ1) is 10.1. The molecular weight excluding hydrogens is 270 g/mol. The predicted octanol–water partition coefficient (Wildman–Crippen LogP) is 1.61. The molecule has 2 N–H and O–H groups in total. The molecule has 0 bridgehead atoms. The lowest BCUT2D eigenvalue weighted by molar-refractivity contribution is -0.00230. The van der Waals surface area contributed by atoms with E-state index in [9.17, 15) is 5.11 Å². The van der Waals surface area contributed by atoms with Crippen LogP contribution in [0.25, 0.3) is 0 Å². The van der Waals surface area contributed by atoms with Gasteiger partial charge in [0.25, 0.3) is 0 Å². The molecule has 0 aliphatic heterocycles. The second-order valence-corrected chi connectivity index (χ2v) is 4.91. The van der Waals surface area contributed by atoms with Gasteiger partial charge in [0, 0.05) is 6.54 Å². The molecular formula is C15H21N3O3. The van der Waals surface area contributed by atoms with Crippen LogP contribution in [-0.2, 0) is 11.3 Å². The molecule has 114 valence electrons. The third kappa shape index (κ3) is 5.26. The highest BCUT2D eigenvalue weighted by Crippen LogP contribution is 2.15. The van der Waals surface area contributed by atoms with Crippen LogP contribution in [0, 0.1) is 6.92 Å². The fraction of sp³-hybridized carbons (Fsp3) is 0.467. The lowest BCUT2D eigenvalue weighted by Crippen LogP contribution is -2.30. The maximum absolute atomic E-state index is 9.87. The highest BCUT2D eigenvalue weighted by Gasteiger charge is 2.10. The van der Waals surface area contributed by atoms with E-state index < -0.39 is 6.10 Å². The summed E-state index contributed by atoms with van der Waals surface area (Å²) in [6.07, 6.45) is -0.625. The summed E-state index contributed by atoms with van der Waals surface area (Å²) in [5.41, 5.74) is 1.10. The molecule has 1 heterocycles. The summed E-state index contributed by atoms with van der Waals surface area (Å²) in [6.45, 7) is 4.85. The molecule has 0 saturated heterocycles. The van der Waals surface area contributed by atoms with Crippen LogP contribution < -0.4 is 5.32 Å². The summed E-state index contributed by atoms with van der Waals surface area (Å²) in [5.74, 6) is 1.12. The molecule has 0 aliphatic carbocycles. The van der Waals surface area contributed by atoms with Gasteiger partial charge in [-0.15, -0.1) is 0 Å². The molecule has 2 rings (SSSR count). The van der Waals surface area contributed by atoms with Gasteiger partial charge in [0.15, 0.2) is 5.82 Å². The highest BCUT2D eigenvalue weighted by atomic mass is 16.5. The van der Waals surface area contributed by atoms with Crippen LogP contribution in [0.3, 0.4) is 0 Å². The molecule has 0 radical (unpaired) electrons. The van der Waals surface area contributed by atoms with Crippen molar-refractivity contribution in [1.29, 1.82) is 0 Å². The molecule has 0 fully saturated rings. The molecule has 1 aromatic heterocycles. The summed E-state index contributed by atoms with van der Waals surface area (Å²) >= 11 is 0. The van der Waals surface area contributed by atoms with Gasteiger partial charge in [0.05, 0.1) is 25.4 Å². The number of rotatable bonds is 8. The Morgan fingerprint density at radius 2 is 2.10 bits per heavy atom. The Morgan fingerprint density at radius 1 is 1.33 bits per heavy atom. The highest BCUT2D eigenvalue weighted by molar-refractivity contribution is 5.16. The molecule has 0 saturated carbocycles. The normalized spacial score (nSPS) is 14.0. The number of aryl methyl sites for hydroxylation is 1. The Bertz CT molecular complexity index is 530. The lowest BCUT2D eigenvalue weighted by atomic mass is 10.1. The van der Waals surface area contributed by atoms with Crippen LogP contribution in [0.1, 0.15) is 30.3 Å². The van der Waals surface area contributed by atoms with Gasteiger partial charge in [0.1, 0.15) is 0 Å². The van der Waals surface area contributed by atoms with E-state index in [1.807, 2.05) is 37.3 Å². The molecule has 0 aliphatic rings. The van der Waals surface area contributed by atoms with E-state index in [2.05, 4.69) is 15.5 Å². The minimum absolute atomic E-state index is 0.0422. The molecule has 21 heavy (non-hydrogen) atoms. The van der Waals surface area contributed by atoms with E-state index in [1.54, 1.807) is 6.92 Å². The first-order valence-electron chi connectivity index (χ1n) is 6.99. The van der Waals surface area contributed by atoms with E-state index in [0.717, 1.165) is 5.56 Å². The van der Waals surface area contributed by atoms with Crippen molar-refractivity contribution in [1.82, 2.24) is 15.5 Å². The second kappa shape index (κ2) is 7.87. The van der Waals surface area contributed by atoms with Crippen LogP contribution in [0.15, 0.2) is 34.9 Å². The number of aliphatic hydroxyl groups is 1. The zero-order valence-corrected chi connectivity index (χ0v) is 12.3. The van der Waals surface area contributed by atoms with Crippen LogP contribution in [0.2, 0.25) is 0 Å². The molecule has 2 atom stereocenters. The standard InChI is InChI=1S/C15H21N3O3/c1-11(13-6-4-3-5-7-13)20-10-14(19)8-16-9-15-17-12(2)18-21-15/h3-7,11,14,16,19H,8-10H2,1-2H3. The molecule has 1 aromatic carbocycles. The number of ether oxygens (including phenoxy) is 1. The van der Waals surface area contributed by atoms with E-state index in [1.165, 1.54) is 0 Å². The second-order valence-electron chi connectivity index (χ2n) is 4.91. The largest absolute Gasteiger partial charge is 0.389 e. The smallest absolute Gasteiger partial charge is 0.240 e. The van der Waals surface area contributed by atoms with Crippen molar-refractivity contribution in [2.45, 2.75) is 32.6 Å². The van der Waals surface area contributed by atoms with Gasteiger partial charge < -0.3 is 19.7 Å². The van der Waals surface area contributed by atoms with Crippen LogP contribution in [0.5, 0.6) is 0 Å². The summed E-state index contributed by atoms with van der Waals surface area (Å²) in [6, 6.07) is 9.92. The zero-order valence-electron chi connectivity index (χ0n) is 12.3. The summed E-state index contributed by atoms with van der Waals surface area (Å²) in [5, 5.41) is 16.6. The van der Waals surface area contributed by atoms with Gasteiger partial charge in [-0.25, -0.2) is 0 Å². The molecule has 2 aromatic rings. The Hall–Kier alpha value is -1.76. The topological polar surface area (TPSA) is 80.4 Å². The first-order valence-corrected chi connectivity index (χ1v) is 6.99. The van der Waals surface area contributed by atoms with Crippen molar-refractivity contribution in [3.05, 3.63) is 47.6 Å². The molecule has 6 nitrogen and oxygen atoms in total. The summed E-state index contributed by atoms with van der Waals surface area (Å²) in [7, 11) is 0. The Kier molecular flexibility index (Phi) is 5.86. The lowest BCUT2D eigenvalue weighted by Gasteiger charge is -2.17. The molecule has 2 unspecified atom stereocenters. The van der Waals surface area contributed by atoms with Gasteiger partial charge >= 0.3 is 0 Å². The minimum atomic E-state index is -0.583. The maximum Gasteiger partial charge on any atom is 0.240 e. The number of nitrogens with one attached hydrogen (secondary N) is 1. The average molecular weight is 291 g/mol. The van der Waals surface area contributed by atoms with E-state index >= 15 is 0 Å². The number of hydrogen-bond donors (Lipinski definition) is 2. The van der Waals surface area contributed by atoms with Gasteiger partial charge in [-0.2, -0.15) is 4.98 Å². The Morgan fingerprint density at radius 3 is 2.76 bits per heavy atom. The third-order valence-corrected chi connectivity index (χ3v) is 3.03.